The van der Waals surface area contributed by atoms with E-state index < -0.39 is 0 Å². The van der Waals surface area contributed by atoms with Crippen LogP contribution >= 0.6 is 11.6 Å². The first-order valence-corrected chi connectivity index (χ1v) is 8.80. The van der Waals surface area contributed by atoms with E-state index in [2.05, 4.69) is 48.6 Å². The molecule has 128 valence electrons. The van der Waals surface area contributed by atoms with E-state index in [1.54, 1.807) is 0 Å². The fourth-order valence-electron chi connectivity index (χ4n) is 2.58. The molecule has 0 aliphatic carbocycles. The van der Waals surface area contributed by atoms with Gasteiger partial charge < -0.3 is 10.1 Å². The molecule has 0 saturated heterocycles. The second kappa shape index (κ2) is 8.70. The largest absolute Gasteiger partial charge is 0.489 e. The fraction of sp³-hybridized carbons (Fsp3) is 0.182. The topological polar surface area (TPSA) is 21.3 Å². The molecule has 0 atom stereocenters. The highest BCUT2D eigenvalue weighted by molar-refractivity contribution is 6.31. The SMILES string of the molecule is Cc1ccc(CNCc2cccc(OCc3ccccc3Cl)c2)cc1. The summed E-state index contributed by atoms with van der Waals surface area (Å²) in [7, 11) is 0. The number of benzene rings is 3. The highest BCUT2D eigenvalue weighted by Gasteiger charge is 2.02. The summed E-state index contributed by atoms with van der Waals surface area (Å²) >= 11 is 6.17. The molecule has 0 heterocycles. The lowest BCUT2D eigenvalue weighted by atomic mass is 10.1. The predicted molar refractivity (Wildman–Crippen MR) is 104 cm³/mol. The summed E-state index contributed by atoms with van der Waals surface area (Å²) in [5, 5.41) is 4.21. The molecular formula is C22H22ClNO. The van der Waals surface area contributed by atoms with Gasteiger partial charge in [0.1, 0.15) is 12.4 Å². The summed E-state index contributed by atoms with van der Waals surface area (Å²) < 4.78 is 5.88. The molecule has 0 amide bonds. The lowest BCUT2D eigenvalue weighted by Crippen LogP contribution is -2.12. The standard InChI is InChI=1S/C22H22ClNO/c1-17-9-11-18(12-10-17)14-24-15-19-5-4-7-21(13-19)25-16-20-6-2-3-8-22(20)23/h2-13,24H,14-16H2,1H3. The van der Waals surface area contributed by atoms with Crippen molar-refractivity contribution >= 4 is 11.6 Å². The Hall–Kier alpha value is -2.29. The van der Waals surface area contributed by atoms with Gasteiger partial charge >= 0.3 is 0 Å². The third-order valence-corrected chi connectivity index (χ3v) is 4.40. The van der Waals surface area contributed by atoms with Crippen LogP contribution in [0, 0.1) is 6.92 Å². The molecule has 1 N–H and O–H groups in total. The number of aryl methyl sites for hydroxylation is 1. The molecule has 0 aromatic heterocycles. The van der Waals surface area contributed by atoms with E-state index >= 15 is 0 Å². The molecule has 3 aromatic carbocycles. The molecule has 0 spiro atoms. The van der Waals surface area contributed by atoms with Crippen LogP contribution in [-0.2, 0) is 19.7 Å². The van der Waals surface area contributed by atoms with Crippen molar-refractivity contribution in [2.24, 2.45) is 0 Å². The molecule has 3 aromatic rings. The van der Waals surface area contributed by atoms with Gasteiger partial charge in [-0.3, -0.25) is 0 Å². The van der Waals surface area contributed by atoms with Crippen molar-refractivity contribution in [2.75, 3.05) is 0 Å². The molecule has 0 saturated carbocycles. The van der Waals surface area contributed by atoms with E-state index in [0.717, 1.165) is 29.4 Å². The van der Waals surface area contributed by atoms with Gasteiger partial charge in [0, 0.05) is 23.7 Å². The second-order valence-corrected chi connectivity index (χ2v) is 6.52. The maximum Gasteiger partial charge on any atom is 0.120 e. The third-order valence-electron chi connectivity index (χ3n) is 4.03. The summed E-state index contributed by atoms with van der Waals surface area (Å²) in [4.78, 5) is 0. The van der Waals surface area contributed by atoms with Crippen LogP contribution < -0.4 is 10.1 Å². The molecule has 3 rings (SSSR count). The predicted octanol–water partition coefficient (Wildman–Crippen LogP) is 5.52. The van der Waals surface area contributed by atoms with Crippen LogP contribution in [0.1, 0.15) is 22.3 Å². The van der Waals surface area contributed by atoms with Gasteiger partial charge in [-0.1, -0.05) is 71.8 Å². The lowest BCUT2D eigenvalue weighted by Gasteiger charge is -2.10. The maximum absolute atomic E-state index is 6.17. The number of hydrogen-bond donors (Lipinski definition) is 1. The molecule has 2 nitrogen and oxygen atoms in total. The van der Waals surface area contributed by atoms with Crippen molar-refractivity contribution in [3.05, 3.63) is 100 Å². The Morgan fingerprint density at radius 1 is 0.840 bits per heavy atom. The number of nitrogens with one attached hydrogen (secondary N) is 1. The van der Waals surface area contributed by atoms with Crippen molar-refractivity contribution < 1.29 is 4.74 Å². The average Bonchev–Trinajstić information content (AvgIpc) is 2.63. The Morgan fingerprint density at radius 3 is 2.40 bits per heavy atom. The molecule has 0 radical (unpaired) electrons. The molecule has 0 fully saturated rings. The van der Waals surface area contributed by atoms with Crippen LogP contribution in [0.3, 0.4) is 0 Å². The minimum atomic E-state index is 0.472. The van der Waals surface area contributed by atoms with Crippen LogP contribution in [0.25, 0.3) is 0 Å². The summed E-state index contributed by atoms with van der Waals surface area (Å²) in [6.45, 7) is 4.23. The molecule has 0 bridgehead atoms. The second-order valence-electron chi connectivity index (χ2n) is 6.12. The zero-order valence-corrected chi connectivity index (χ0v) is 15.1. The zero-order valence-electron chi connectivity index (χ0n) is 14.3. The Labute approximate surface area is 154 Å². The maximum atomic E-state index is 6.17. The summed E-state index contributed by atoms with van der Waals surface area (Å²) in [6.07, 6.45) is 0. The van der Waals surface area contributed by atoms with Gasteiger partial charge in [-0.15, -0.1) is 0 Å². The van der Waals surface area contributed by atoms with Crippen LogP contribution in [0.2, 0.25) is 5.02 Å². The zero-order chi connectivity index (χ0) is 17.5. The van der Waals surface area contributed by atoms with E-state index in [1.165, 1.54) is 16.7 Å². The number of hydrogen-bond acceptors (Lipinski definition) is 2. The monoisotopic (exact) mass is 351 g/mol. The molecule has 0 unspecified atom stereocenters. The van der Waals surface area contributed by atoms with Crippen molar-refractivity contribution in [1.29, 1.82) is 0 Å². The summed E-state index contributed by atoms with van der Waals surface area (Å²) in [5.41, 5.74) is 4.76. The Kier molecular flexibility index (Phi) is 6.10. The first-order valence-electron chi connectivity index (χ1n) is 8.42. The molecule has 3 heteroatoms. The van der Waals surface area contributed by atoms with E-state index in [9.17, 15) is 0 Å². The van der Waals surface area contributed by atoms with Crippen LogP contribution in [-0.4, -0.2) is 0 Å². The van der Waals surface area contributed by atoms with Crippen LogP contribution in [0.15, 0.2) is 72.8 Å². The highest BCUT2D eigenvalue weighted by atomic mass is 35.5. The smallest absolute Gasteiger partial charge is 0.120 e. The molecule has 0 aliphatic rings. The minimum absolute atomic E-state index is 0.472. The Morgan fingerprint density at radius 2 is 1.60 bits per heavy atom. The lowest BCUT2D eigenvalue weighted by molar-refractivity contribution is 0.306. The number of halogens is 1. The fourth-order valence-corrected chi connectivity index (χ4v) is 2.77. The van der Waals surface area contributed by atoms with E-state index in [0.29, 0.717) is 6.61 Å². The molecular weight excluding hydrogens is 330 g/mol. The van der Waals surface area contributed by atoms with Crippen molar-refractivity contribution in [3.63, 3.8) is 0 Å². The summed E-state index contributed by atoms with van der Waals surface area (Å²) in [5.74, 6) is 0.856. The van der Waals surface area contributed by atoms with Gasteiger partial charge in [0.15, 0.2) is 0 Å². The van der Waals surface area contributed by atoms with Gasteiger partial charge in [0.05, 0.1) is 0 Å². The Bertz CT molecular complexity index is 814. The van der Waals surface area contributed by atoms with Crippen LogP contribution in [0.4, 0.5) is 0 Å². The molecule has 25 heavy (non-hydrogen) atoms. The quantitative estimate of drug-likeness (QED) is 0.605. The van der Waals surface area contributed by atoms with Gasteiger partial charge in [0.2, 0.25) is 0 Å². The van der Waals surface area contributed by atoms with Crippen molar-refractivity contribution in [3.8, 4) is 5.75 Å². The normalized spacial score (nSPS) is 10.6. The van der Waals surface area contributed by atoms with E-state index in [4.69, 9.17) is 16.3 Å². The first kappa shape index (κ1) is 17.5. The number of ether oxygens (including phenoxy) is 1. The van der Waals surface area contributed by atoms with Gasteiger partial charge in [-0.25, -0.2) is 0 Å². The van der Waals surface area contributed by atoms with Crippen molar-refractivity contribution in [1.82, 2.24) is 5.32 Å². The number of rotatable bonds is 7. The third kappa shape index (κ3) is 5.35. The van der Waals surface area contributed by atoms with Gasteiger partial charge in [-0.2, -0.15) is 0 Å². The van der Waals surface area contributed by atoms with Crippen LogP contribution in [0.5, 0.6) is 5.75 Å². The summed E-state index contributed by atoms with van der Waals surface area (Å²) in [6, 6.07) is 24.5. The average molecular weight is 352 g/mol. The van der Waals surface area contributed by atoms with Gasteiger partial charge in [0.25, 0.3) is 0 Å². The minimum Gasteiger partial charge on any atom is -0.489 e. The van der Waals surface area contributed by atoms with Gasteiger partial charge in [-0.05, 0) is 36.2 Å². The van der Waals surface area contributed by atoms with E-state index in [-0.39, 0.29) is 0 Å². The van der Waals surface area contributed by atoms with E-state index in [1.807, 2.05) is 36.4 Å². The van der Waals surface area contributed by atoms with Crippen molar-refractivity contribution in [2.45, 2.75) is 26.6 Å². The molecule has 0 aliphatic heterocycles. The first-order chi connectivity index (χ1) is 12.2. The highest BCUT2D eigenvalue weighted by Crippen LogP contribution is 2.19. The Balaban J connectivity index is 1.52.